The minimum absolute atomic E-state index is 0.0239. The van der Waals surface area contributed by atoms with Crippen molar-refractivity contribution < 1.29 is 27.1 Å². The van der Waals surface area contributed by atoms with E-state index in [-0.39, 0.29) is 51.2 Å². The topological polar surface area (TPSA) is 108 Å². The highest BCUT2D eigenvalue weighted by Gasteiger charge is 2.47. The molecule has 4 aliphatic rings. The van der Waals surface area contributed by atoms with E-state index < -0.39 is 18.2 Å². The third-order valence-corrected chi connectivity index (χ3v) is 19.7. The molecule has 0 saturated heterocycles. The van der Waals surface area contributed by atoms with Gasteiger partial charge < -0.3 is 18.8 Å². The number of fused-ring (bicyclic) bond motifs is 3. The molecule has 55 heavy (non-hydrogen) atoms. The molecule has 1 aromatic heterocycles. The summed E-state index contributed by atoms with van der Waals surface area (Å²) in [5.74, 6) is 1.27. The van der Waals surface area contributed by atoms with Crippen LogP contribution in [0.3, 0.4) is 0 Å². The smallest absolute Gasteiger partial charge is 0.337 e. The lowest BCUT2D eigenvalue weighted by molar-refractivity contribution is 0.0519. The maximum atomic E-state index is 13.2. The highest BCUT2D eigenvalue weighted by Crippen LogP contribution is 2.49. The van der Waals surface area contributed by atoms with Crippen LogP contribution in [0.2, 0.25) is 23.2 Å². The number of esters is 1. The molecule has 2 fully saturated rings. The molecule has 0 radical (unpaired) electrons. The second-order valence-corrected chi connectivity index (χ2v) is 24.9. The maximum absolute atomic E-state index is 13.2. The largest absolute Gasteiger partial charge is 0.490 e. The minimum Gasteiger partial charge on any atom is -0.490 e. The number of nitrogens with zero attached hydrogens (tertiary/aromatic N) is 3. The van der Waals surface area contributed by atoms with E-state index in [0.29, 0.717) is 18.1 Å². The number of halogens is 1. The summed E-state index contributed by atoms with van der Waals surface area (Å²) >= 11 is 6.50. The fraction of sp³-hybridized carbons (Fsp3) is 0.558. The molecule has 1 aliphatic heterocycles. The molecule has 0 amide bonds. The second kappa shape index (κ2) is 15.6. The number of carbonyl (C=O) groups excluding carboxylic acids is 1. The zero-order chi connectivity index (χ0) is 39.2. The van der Waals surface area contributed by atoms with Crippen molar-refractivity contribution in [1.29, 1.82) is 0 Å². The first kappa shape index (κ1) is 40.0. The molecular weight excluding hydrogens is 750 g/mol. The number of carbonyl (C=O) groups is 1. The number of hydrogen-bond acceptors (Lipinski definition) is 9. The van der Waals surface area contributed by atoms with Crippen molar-refractivity contribution in [3.8, 4) is 5.75 Å². The number of benzene rings is 2. The molecule has 1 unspecified atom stereocenters. The second-order valence-electron chi connectivity index (χ2n) is 17.8. The van der Waals surface area contributed by atoms with Gasteiger partial charge in [0.1, 0.15) is 5.75 Å². The van der Waals surface area contributed by atoms with E-state index in [1.807, 2.05) is 18.2 Å². The van der Waals surface area contributed by atoms with Gasteiger partial charge in [-0.15, -0.1) is 0 Å². The molecule has 3 aliphatic carbocycles. The molecule has 6 atom stereocenters. The normalized spacial score (nSPS) is 25.9. The van der Waals surface area contributed by atoms with Crippen LogP contribution in [0.15, 0.2) is 72.2 Å². The first-order valence-corrected chi connectivity index (χ1v) is 24.8. The summed E-state index contributed by atoms with van der Waals surface area (Å²) in [6.45, 7) is 13.6. The van der Waals surface area contributed by atoms with Gasteiger partial charge in [0.2, 0.25) is 15.0 Å². The van der Waals surface area contributed by atoms with E-state index in [0.717, 1.165) is 74.5 Å². The van der Waals surface area contributed by atoms with Crippen LogP contribution in [0, 0.1) is 23.7 Å². The number of aromatic nitrogens is 2. The third kappa shape index (κ3) is 8.27. The van der Waals surface area contributed by atoms with Crippen LogP contribution in [0.1, 0.15) is 80.8 Å². The monoisotopic (exact) mass is 805 g/mol. The molecule has 1 spiro atoms. The lowest BCUT2D eigenvalue weighted by atomic mass is 9.68. The van der Waals surface area contributed by atoms with Crippen molar-refractivity contribution in [2.24, 2.45) is 23.7 Å². The number of sulfone groups is 1. The average Bonchev–Trinajstić information content (AvgIpc) is 3.28. The maximum Gasteiger partial charge on any atom is 0.337 e. The predicted molar refractivity (Wildman–Crippen MR) is 219 cm³/mol. The van der Waals surface area contributed by atoms with Gasteiger partial charge in [-0.3, -0.25) is 0 Å². The Balaban J connectivity index is 1.17. The highest BCUT2D eigenvalue weighted by atomic mass is 35.5. The molecule has 2 heterocycles. The van der Waals surface area contributed by atoms with Crippen LogP contribution in [-0.4, -0.2) is 71.3 Å². The fourth-order valence-electron chi connectivity index (χ4n) is 8.79. The number of rotatable bonds is 11. The molecule has 12 heteroatoms. The van der Waals surface area contributed by atoms with E-state index in [4.69, 9.17) is 25.5 Å². The van der Waals surface area contributed by atoms with Crippen LogP contribution < -0.4 is 9.64 Å². The van der Waals surface area contributed by atoms with E-state index in [1.165, 1.54) is 30.6 Å². The SMILES string of the molecule is COC(=O)c1ccc2c(c1)N(C[C@@H]1CC[C@H]1[C@H](/C=C/[C@@H]1CC[C@H]1CS(=O)(=O)c1ncccn1)O[Si](C)(C)C(C)(C)C)CC1(CCCc3cc(Cl)ccc31)CO2. The van der Waals surface area contributed by atoms with Crippen LogP contribution >= 0.6 is 11.6 Å². The van der Waals surface area contributed by atoms with Crippen molar-refractivity contribution in [3.05, 3.63) is 88.7 Å². The van der Waals surface area contributed by atoms with Crippen molar-refractivity contribution in [2.75, 3.05) is 37.5 Å². The van der Waals surface area contributed by atoms with Gasteiger partial charge in [0.05, 0.1) is 36.8 Å². The number of methoxy groups -OCH3 is 1. The Labute approximate surface area is 333 Å². The Morgan fingerprint density at radius 1 is 1.09 bits per heavy atom. The Morgan fingerprint density at radius 3 is 2.53 bits per heavy atom. The van der Waals surface area contributed by atoms with E-state index in [1.54, 1.807) is 12.1 Å². The molecule has 0 bridgehead atoms. The molecular formula is C43H56ClN3O6SSi. The Hall–Kier alpha value is -3.25. The summed E-state index contributed by atoms with van der Waals surface area (Å²) in [4.78, 5) is 23.3. The average molecular weight is 807 g/mol. The number of anilines is 1. The highest BCUT2D eigenvalue weighted by molar-refractivity contribution is 7.91. The predicted octanol–water partition coefficient (Wildman–Crippen LogP) is 8.86. The van der Waals surface area contributed by atoms with Crippen molar-refractivity contribution in [1.82, 2.24) is 9.97 Å². The van der Waals surface area contributed by atoms with Crippen molar-refractivity contribution in [2.45, 2.75) is 101 Å². The van der Waals surface area contributed by atoms with Gasteiger partial charge in [0, 0.05) is 35.9 Å². The molecule has 2 saturated carbocycles. The van der Waals surface area contributed by atoms with Gasteiger partial charge in [-0.05, 0) is 134 Å². The Kier molecular flexibility index (Phi) is 11.3. The van der Waals surface area contributed by atoms with E-state index in [2.05, 4.69) is 73.0 Å². The number of allylic oxidation sites excluding steroid dienone is 1. The van der Waals surface area contributed by atoms with Gasteiger partial charge in [-0.25, -0.2) is 23.2 Å². The number of aryl methyl sites for hydroxylation is 1. The molecule has 3 aromatic rings. The third-order valence-electron chi connectivity index (χ3n) is 13.3. The van der Waals surface area contributed by atoms with Gasteiger partial charge >= 0.3 is 5.97 Å². The van der Waals surface area contributed by atoms with Gasteiger partial charge in [0.25, 0.3) is 0 Å². The van der Waals surface area contributed by atoms with Crippen LogP contribution in [0.25, 0.3) is 0 Å². The van der Waals surface area contributed by atoms with Crippen LogP contribution in [-0.2, 0) is 30.8 Å². The Morgan fingerprint density at radius 2 is 1.85 bits per heavy atom. The summed E-state index contributed by atoms with van der Waals surface area (Å²) in [5, 5.41) is 0.685. The lowest BCUT2D eigenvalue weighted by Crippen LogP contribution is -2.52. The molecule has 2 aromatic carbocycles. The van der Waals surface area contributed by atoms with Gasteiger partial charge in [-0.2, -0.15) is 0 Å². The summed E-state index contributed by atoms with van der Waals surface area (Å²) in [7, 11) is -4.35. The number of ether oxygens (including phenoxy) is 2. The van der Waals surface area contributed by atoms with E-state index in [9.17, 15) is 13.2 Å². The summed E-state index contributed by atoms with van der Waals surface area (Å²) in [5.41, 5.74) is 3.78. The molecule has 296 valence electrons. The van der Waals surface area contributed by atoms with Gasteiger partial charge in [-0.1, -0.05) is 50.6 Å². The Bertz CT molecular complexity index is 2020. The minimum atomic E-state index is -3.58. The first-order chi connectivity index (χ1) is 26.1. The molecule has 0 N–H and O–H groups in total. The van der Waals surface area contributed by atoms with Crippen LogP contribution in [0.5, 0.6) is 5.75 Å². The molecule has 7 rings (SSSR count). The lowest BCUT2D eigenvalue weighted by Gasteiger charge is -2.48. The first-order valence-electron chi connectivity index (χ1n) is 19.8. The van der Waals surface area contributed by atoms with Crippen molar-refractivity contribution in [3.63, 3.8) is 0 Å². The van der Waals surface area contributed by atoms with Crippen LogP contribution in [0.4, 0.5) is 5.69 Å². The zero-order valence-electron chi connectivity index (χ0n) is 33.1. The quantitative estimate of drug-likeness (QED) is 0.0813. The van der Waals surface area contributed by atoms with Crippen molar-refractivity contribution >= 4 is 41.4 Å². The van der Waals surface area contributed by atoms with Gasteiger partial charge in [0.15, 0.2) is 8.32 Å². The zero-order valence-corrected chi connectivity index (χ0v) is 35.7. The molecule has 9 nitrogen and oxygen atoms in total. The number of hydrogen-bond donors (Lipinski definition) is 0. The summed E-state index contributed by atoms with van der Waals surface area (Å²) < 4.78 is 45.5. The summed E-state index contributed by atoms with van der Waals surface area (Å²) in [6.07, 6.45) is 14.4. The van der Waals surface area contributed by atoms with E-state index >= 15 is 0 Å². The standard InChI is InChI=1S/C43H56ClN3O6SSi/c1-42(2,3)55(5,6)53-38(18-13-29-10-11-33(29)26-54(49,50)41-45-21-8-22-46-41)35-16-12-32(35)25-47-27-43(20-7-9-30-23-34(44)15-17-36(30)43)28-52-39-19-14-31(24-37(39)47)40(48)51-4/h8,13-15,17-19,21-24,29,32-33,35,38H,7,9-12,16,20,25-28H2,1-6H3/b18-13+/t29-,32-,33-,35+,38-,43?/m0/s1. The summed E-state index contributed by atoms with van der Waals surface area (Å²) in [6, 6.07) is 13.6. The fourth-order valence-corrected chi connectivity index (χ4v) is 11.8.